The fraction of sp³-hybridized carbons (Fsp3) is 0.231. The molecule has 5 rings (SSSR count). The highest BCUT2D eigenvalue weighted by molar-refractivity contribution is 7.18. The summed E-state index contributed by atoms with van der Waals surface area (Å²) in [6.45, 7) is 2.60. The second-order valence-electron chi connectivity index (χ2n) is 7.84. The molecular formula is C26H24N4OS. The lowest BCUT2D eigenvalue weighted by atomic mass is 9.94. The Morgan fingerprint density at radius 1 is 1.00 bits per heavy atom. The lowest BCUT2D eigenvalue weighted by Gasteiger charge is -2.17. The van der Waals surface area contributed by atoms with E-state index in [1.807, 2.05) is 43.5 Å². The van der Waals surface area contributed by atoms with E-state index >= 15 is 0 Å². The molecule has 1 aliphatic carbocycles. The van der Waals surface area contributed by atoms with Crippen LogP contribution in [0.15, 0.2) is 72.1 Å². The van der Waals surface area contributed by atoms with E-state index in [4.69, 9.17) is 14.8 Å². The molecule has 4 aromatic rings. The molecule has 3 aromatic heterocycles. The summed E-state index contributed by atoms with van der Waals surface area (Å²) in [5.74, 6) is 0. The minimum Gasteiger partial charge on any atom is -0.395 e. The van der Waals surface area contributed by atoms with E-state index in [2.05, 4.69) is 34.4 Å². The number of benzene rings is 1. The largest absolute Gasteiger partial charge is 0.395 e. The molecule has 0 saturated carbocycles. The van der Waals surface area contributed by atoms with Crippen LogP contribution in [0.25, 0.3) is 21.1 Å². The molecule has 0 unspecified atom stereocenters. The van der Waals surface area contributed by atoms with Gasteiger partial charge in [0, 0.05) is 24.4 Å². The van der Waals surface area contributed by atoms with Gasteiger partial charge >= 0.3 is 0 Å². The Bertz CT molecular complexity index is 1240. The lowest BCUT2D eigenvalue weighted by molar-refractivity contribution is 0.147. The Balaban J connectivity index is 1.38. The fourth-order valence-corrected chi connectivity index (χ4v) is 4.92. The number of hydrogen-bond acceptors (Lipinski definition) is 6. The molecule has 0 radical (unpaired) electrons. The summed E-state index contributed by atoms with van der Waals surface area (Å²) in [5.41, 5.74) is 7.34. The van der Waals surface area contributed by atoms with Crippen molar-refractivity contribution >= 4 is 17.0 Å². The highest BCUT2D eigenvalue weighted by Crippen LogP contribution is 2.35. The van der Waals surface area contributed by atoms with Crippen molar-refractivity contribution in [3.05, 3.63) is 89.5 Å². The third kappa shape index (κ3) is 4.46. The van der Waals surface area contributed by atoms with Gasteiger partial charge in [0.15, 0.2) is 0 Å². The van der Waals surface area contributed by atoms with Crippen molar-refractivity contribution < 1.29 is 4.84 Å². The normalized spacial score (nSPS) is 14.3. The van der Waals surface area contributed by atoms with Crippen LogP contribution >= 0.6 is 11.3 Å². The van der Waals surface area contributed by atoms with Gasteiger partial charge in [-0.2, -0.15) is 0 Å². The maximum absolute atomic E-state index is 5.70. The van der Waals surface area contributed by atoms with Crippen molar-refractivity contribution in [1.29, 1.82) is 0 Å². The van der Waals surface area contributed by atoms with Crippen molar-refractivity contribution in [3.8, 4) is 21.1 Å². The van der Waals surface area contributed by atoms with Gasteiger partial charge in [0.1, 0.15) is 17.3 Å². The minimum absolute atomic E-state index is 0.560. The van der Waals surface area contributed by atoms with Crippen molar-refractivity contribution in [2.45, 2.75) is 32.6 Å². The van der Waals surface area contributed by atoms with Gasteiger partial charge in [-0.1, -0.05) is 41.6 Å². The number of oxime groups is 1. The van der Waals surface area contributed by atoms with E-state index in [1.54, 1.807) is 17.5 Å². The van der Waals surface area contributed by atoms with Crippen molar-refractivity contribution in [3.63, 3.8) is 0 Å². The molecule has 0 saturated heterocycles. The molecule has 6 heteroatoms. The SMILES string of the molecule is Cc1nc(-c2cccnc2)sc1-c1ccc2c(n1)/C(=N/OCCc1ccccc1)CCC2. The maximum Gasteiger partial charge on any atom is 0.125 e. The van der Waals surface area contributed by atoms with Gasteiger partial charge in [-0.3, -0.25) is 4.98 Å². The average Bonchev–Trinajstić information content (AvgIpc) is 3.24. The summed E-state index contributed by atoms with van der Waals surface area (Å²) in [5, 5.41) is 5.44. The van der Waals surface area contributed by atoms with Gasteiger partial charge in [-0.25, -0.2) is 9.97 Å². The van der Waals surface area contributed by atoms with Gasteiger partial charge in [0.25, 0.3) is 0 Å². The second kappa shape index (κ2) is 9.40. The zero-order valence-corrected chi connectivity index (χ0v) is 18.8. The molecule has 1 aromatic carbocycles. The first-order valence-electron chi connectivity index (χ1n) is 10.9. The molecule has 0 bridgehead atoms. The van der Waals surface area contributed by atoms with Crippen LogP contribution in [-0.4, -0.2) is 27.3 Å². The number of aromatic nitrogens is 3. The van der Waals surface area contributed by atoms with Crippen LogP contribution in [0.4, 0.5) is 0 Å². The number of nitrogens with zero attached hydrogens (tertiary/aromatic N) is 4. The quantitative estimate of drug-likeness (QED) is 0.278. The Morgan fingerprint density at radius 2 is 1.91 bits per heavy atom. The standard InChI is InChI=1S/C26H24N4OS/c1-18-25(32-26(28-18)21-10-6-15-27-17-21)23-13-12-20-9-5-11-22(24(20)29-23)30-31-16-14-19-7-3-2-4-8-19/h2-4,6-8,10,12-13,15,17H,5,9,11,14,16H2,1H3/b30-22+. The molecule has 0 amide bonds. The molecule has 32 heavy (non-hydrogen) atoms. The molecule has 0 fully saturated rings. The number of aryl methyl sites for hydroxylation is 2. The highest BCUT2D eigenvalue weighted by Gasteiger charge is 2.20. The summed E-state index contributed by atoms with van der Waals surface area (Å²) in [4.78, 5) is 20.8. The van der Waals surface area contributed by atoms with Gasteiger partial charge < -0.3 is 4.84 Å². The molecular weight excluding hydrogens is 416 g/mol. The summed E-state index contributed by atoms with van der Waals surface area (Å²) in [7, 11) is 0. The van der Waals surface area contributed by atoms with Gasteiger partial charge in [0.05, 0.1) is 22.0 Å². The summed E-state index contributed by atoms with van der Waals surface area (Å²) in [6, 6.07) is 18.6. The van der Waals surface area contributed by atoms with Crippen LogP contribution in [0.5, 0.6) is 0 Å². The predicted octanol–water partition coefficient (Wildman–Crippen LogP) is 5.88. The van der Waals surface area contributed by atoms with Crippen LogP contribution in [-0.2, 0) is 17.7 Å². The summed E-state index contributed by atoms with van der Waals surface area (Å²) >= 11 is 1.65. The van der Waals surface area contributed by atoms with Crippen molar-refractivity contribution in [2.75, 3.05) is 6.61 Å². The number of fused-ring (bicyclic) bond motifs is 1. The Morgan fingerprint density at radius 3 is 2.75 bits per heavy atom. The first-order valence-corrected chi connectivity index (χ1v) is 11.7. The number of thiazole rings is 1. The van der Waals surface area contributed by atoms with Crippen molar-refractivity contribution in [2.24, 2.45) is 5.16 Å². The van der Waals surface area contributed by atoms with Crippen LogP contribution in [0.1, 0.15) is 35.4 Å². The topological polar surface area (TPSA) is 60.3 Å². The highest BCUT2D eigenvalue weighted by atomic mass is 32.1. The molecule has 3 heterocycles. The average molecular weight is 441 g/mol. The molecule has 0 spiro atoms. The van der Waals surface area contributed by atoms with Crippen molar-refractivity contribution in [1.82, 2.24) is 15.0 Å². The monoisotopic (exact) mass is 440 g/mol. The van der Waals surface area contributed by atoms with E-state index in [0.29, 0.717) is 6.61 Å². The predicted molar refractivity (Wildman–Crippen MR) is 129 cm³/mol. The maximum atomic E-state index is 5.70. The molecule has 0 atom stereocenters. The smallest absolute Gasteiger partial charge is 0.125 e. The first kappa shape index (κ1) is 20.5. The molecule has 160 valence electrons. The van der Waals surface area contributed by atoms with Crippen LogP contribution < -0.4 is 0 Å². The molecule has 0 aliphatic heterocycles. The summed E-state index contributed by atoms with van der Waals surface area (Å²) < 4.78 is 0. The zero-order chi connectivity index (χ0) is 21.8. The van der Waals surface area contributed by atoms with Crippen LogP contribution in [0.2, 0.25) is 0 Å². The van der Waals surface area contributed by atoms with Crippen LogP contribution in [0, 0.1) is 6.92 Å². The number of pyridine rings is 2. The summed E-state index contributed by atoms with van der Waals surface area (Å²) in [6.07, 6.45) is 7.44. The Hall–Kier alpha value is -3.38. The molecule has 5 nitrogen and oxygen atoms in total. The third-order valence-electron chi connectivity index (χ3n) is 5.55. The second-order valence-corrected chi connectivity index (χ2v) is 8.84. The van der Waals surface area contributed by atoms with Gasteiger partial charge in [-0.15, -0.1) is 11.3 Å². The number of hydrogen-bond donors (Lipinski definition) is 0. The van der Waals surface area contributed by atoms with E-state index in [-0.39, 0.29) is 0 Å². The van der Waals surface area contributed by atoms with Gasteiger partial charge in [0.2, 0.25) is 0 Å². The molecule has 0 N–H and O–H groups in total. The first-order chi connectivity index (χ1) is 15.8. The lowest BCUT2D eigenvalue weighted by Crippen LogP contribution is -2.15. The van der Waals surface area contributed by atoms with Gasteiger partial charge in [-0.05, 0) is 55.5 Å². The van der Waals surface area contributed by atoms with E-state index in [9.17, 15) is 0 Å². The third-order valence-corrected chi connectivity index (χ3v) is 6.78. The fourth-order valence-electron chi connectivity index (χ4n) is 3.90. The minimum atomic E-state index is 0.560. The Kier molecular flexibility index (Phi) is 6.03. The van der Waals surface area contributed by atoms with E-state index < -0.39 is 0 Å². The van der Waals surface area contributed by atoms with E-state index in [1.165, 1.54) is 11.1 Å². The zero-order valence-electron chi connectivity index (χ0n) is 18.0. The molecule has 1 aliphatic rings. The van der Waals surface area contributed by atoms with Crippen LogP contribution in [0.3, 0.4) is 0 Å². The Labute approximate surface area is 191 Å². The number of rotatable bonds is 6. The van der Waals surface area contributed by atoms with E-state index in [0.717, 1.165) is 63.9 Å².